The van der Waals surface area contributed by atoms with Crippen LogP contribution in [0.4, 0.5) is 0 Å². The minimum atomic E-state index is -0.419. The number of carbonyl (C=O) groups excluding carboxylic acids is 1. The lowest BCUT2D eigenvalue weighted by Gasteiger charge is -2.18. The van der Waals surface area contributed by atoms with Crippen molar-refractivity contribution in [2.24, 2.45) is 0 Å². The molecule has 3 aromatic carbocycles. The third-order valence-electron chi connectivity index (χ3n) is 4.19. The average molecular weight is 431 g/mol. The standard InChI is InChI=1S/C23H20Cl2O4/c1-3-28-23(26)17-12-20(15-6-4-8-18(24)10-15)22(29-14-27-2)21(13-17)16-7-5-9-19(25)11-16/h4-13H,3,14H2,1-2H3. The molecule has 0 aromatic heterocycles. The zero-order valence-corrected chi connectivity index (χ0v) is 17.6. The molecule has 29 heavy (non-hydrogen) atoms. The van der Waals surface area contributed by atoms with E-state index in [9.17, 15) is 4.79 Å². The van der Waals surface area contributed by atoms with Crippen molar-refractivity contribution >= 4 is 29.2 Å². The Kier molecular flexibility index (Phi) is 7.15. The number of hydrogen-bond donors (Lipinski definition) is 0. The van der Waals surface area contributed by atoms with Gasteiger partial charge >= 0.3 is 5.97 Å². The van der Waals surface area contributed by atoms with Crippen LogP contribution in [-0.4, -0.2) is 26.5 Å². The summed E-state index contributed by atoms with van der Waals surface area (Å²) in [4.78, 5) is 12.5. The van der Waals surface area contributed by atoms with Crippen LogP contribution in [0.5, 0.6) is 5.75 Å². The van der Waals surface area contributed by atoms with Gasteiger partial charge in [-0.1, -0.05) is 47.5 Å². The van der Waals surface area contributed by atoms with Crippen LogP contribution in [0.15, 0.2) is 60.7 Å². The molecule has 0 radical (unpaired) electrons. The number of halogens is 2. The number of ether oxygens (including phenoxy) is 3. The summed E-state index contributed by atoms with van der Waals surface area (Å²) in [5.41, 5.74) is 3.41. The lowest BCUT2D eigenvalue weighted by Crippen LogP contribution is -2.08. The Balaban J connectivity index is 2.29. The van der Waals surface area contributed by atoms with Crippen LogP contribution in [0.2, 0.25) is 10.0 Å². The van der Waals surface area contributed by atoms with Gasteiger partial charge in [0.25, 0.3) is 0 Å². The predicted octanol–water partition coefficient (Wildman–Crippen LogP) is 6.49. The molecule has 0 saturated carbocycles. The van der Waals surface area contributed by atoms with E-state index in [4.69, 9.17) is 37.4 Å². The first-order valence-electron chi connectivity index (χ1n) is 9.02. The minimum absolute atomic E-state index is 0.0416. The van der Waals surface area contributed by atoms with Crippen LogP contribution >= 0.6 is 23.2 Å². The van der Waals surface area contributed by atoms with Gasteiger partial charge in [-0.05, 0) is 54.4 Å². The third-order valence-corrected chi connectivity index (χ3v) is 4.66. The maximum absolute atomic E-state index is 12.5. The van der Waals surface area contributed by atoms with Crippen LogP contribution in [-0.2, 0) is 9.47 Å². The lowest BCUT2D eigenvalue weighted by atomic mass is 9.94. The quantitative estimate of drug-likeness (QED) is 0.317. The van der Waals surface area contributed by atoms with Crippen LogP contribution < -0.4 is 4.74 Å². The molecule has 3 aromatic rings. The summed E-state index contributed by atoms with van der Waals surface area (Å²) in [6.45, 7) is 2.09. The van der Waals surface area contributed by atoms with Crippen molar-refractivity contribution in [3.63, 3.8) is 0 Å². The van der Waals surface area contributed by atoms with Gasteiger partial charge in [0.15, 0.2) is 6.79 Å². The van der Waals surface area contributed by atoms with Gasteiger partial charge < -0.3 is 14.2 Å². The van der Waals surface area contributed by atoms with E-state index in [0.717, 1.165) is 11.1 Å². The van der Waals surface area contributed by atoms with E-state index in [1.165, 1.54) is 0 Å². The predicted molar refractivity (Wildman–Crippen MR) is 116 cm³/mol. The van der Waals surface area contributed by atoms with Crippen molar-refractivity contribution in [3.05, 3.63) is 76.3 Å². The van der Waals surface area contributed by atoms with E-state index in [0.29, 0.717) is 32.5 Å². The Morgan fingerprint density at radius 2 is 1.45 bits per heavy atom. The molecule has 0 aliphatic carbocycles. The molecule has 0 unspecified atom stereocenters. The number of hydrogen-bond acceptors (Lipinski definition) is 4. The fourth-order valence-corrected chi connectivity index (χ4v) is 3.36. The lowest BCUT2D eigenvalue weighted by molar-refractivity contribution is 0.0515. The normalized spacial score (nSPS) is 10.6. The first kappa shape index (κ1) is 21.2. The van der Waals surface area contributed by atoms with Crippen molar-refractivity contribution in [1.82, 2.24) is 0 Å². The highest BCUT2D eigenvalue weighted by Gasteiger charge is 2.20. The summed E-state index contributed by atoms with van der Waals surface area (Å²) in [5, 5.41) is 1.15. The Labute approximate surface area is 179 Å². The van der Waals surface area contributed by atoms with Crippen molar-refractivity contribution in [1.29, 1.82) is 0 Å². The maximum atomic E-state index is 12.5. The van der Waals surface area contributed by atoms with Crippen LogP contribution in [0, 0.1) is 0 Å². The SMILES string of the molecule is CCOC(=O)c1cc(-c2cccc(Cl)c2)c(OCOC)c(-c2cccc(Cl)c2)c1. The topological polar surface area (TPSA) is 44.8 Å². The smallest absolute Gasteiger partial charge is 0.338 e. The molecule has 6 heteroatoms. The molecule has 150 valence electrons. The molecule has 0 heterocycles. The second kappa shape index (κ2) is 9.79. The summed E-state index contributed by atoms with van der Waals surface area (Å²) in [5.74, 6) is 0.141. The second-order valence-electron chi connectivity index (χ2n) is 6.19. The zero-order chi connectivity index (χ0) is 20.8. The highest BCUT2D eigenvalue weighted by molar-refractivity contribution is 6.31. The first-order valence-corrected chi connectivity index (χ1v) is 9.78. The molecule has 0 bridgehead atoms. The van der Waals surface area contributed by atoms with Gasteiger partial charge in [-0.2, -0.15) is 0 Å². The summed E-state index contributed by atoms with van der Waals surface area (Å²) < 4.78 is 16.3. The molecule has 0 aliphatic rings. The molecule has 0 fully saturated rings. The summed E-state index contributed by atoms with van der Waals surface area (Å²) >= 11 is 12.4. The molecule has 0 amide bonds. The molecule has 0 atom stereocenters. The van der Waals surface area contributed by atoms with E-state index in [2.05, 4.69) is 0 Å². The van der Waals surface area contributed by atoms with Gasteiger partial charge in [-0.15, -0.1) is 0 Å². The van der Waals surface area contributed by atoms with E-state index in [-0.39, 0.29) is 13.4 Å². The Morgan fingerprint density at radius 3 is 1.90 bits per heavy atom. The van der Waals surface area contributed by atoms with Gasteiger partial charge in [0.05, 0.1) is 12.2 Å². The van der Waals surface area contributed by atoms with Crippen molar-refractivity contribution in [2.45, 2.75) is 6.92 Å². The number of methoxy groups -OCH3 is 1. The molecule has 0 N–H and O–H groups in total. The van der Waals surface area contributed by atoms with E-state index >= 15 is 0 Å². The summed E-state index contributed by atoms with van der Waals surface area (Å²) in [6.07, 6.45) is 0. The van der Waals surface area contributed by atoms with Gasteiger partial charge in [-0.25, -0.2) is 4.79 Å². The van der Waals surface area contributed by atoms with Gasteiger partial charge in [-0.3, -0.25) is 0 Å². The molecular formula is C23H20Cl2O4. The Morgan fingerprint density at radius 1 is 0.897 bits per heavy atom. The minimum Gasteiger partial charge on any atom is -0.466 e. The number of benzene rings is 3. The van der Waals surface area contributed by atoms with Crippen molar-refractivity contribution in [2.75, 3.05) is 20.5 Å². The monoisotopic (exact) mass is 430 g/mol. The largest absolute Gasteiger partial charge is 0.466 e. The Bertz CT molecular complexity index is 951. The van der Waals surface area contributed by atoms with Gasteiger partial charge in [0.2, 0.25) is 0 Å². The third kappa shape index (κ3) is 5.10. The first-order chi connectivity index (χ1) is 14.0. The zero-order valence-electron chi connectivity index (χ0n) is 16.1. The van der Waals surface area contributed by atoms with E-state index in [1.54, 1.807) is 38.3 Å². The molecule has 0 aliphatic heterocycles. The summed E-state index contributed by atoms with van der Waals surface area (Å²) in [6, 6.07) is 18.2. The molecular weight excluding hydrogens is 411 g/mol. The number of esters is 1. The number of carbonyl (C=O) groups is 1. The fraction of sp³-hybridized carbons (Fsp3) is 0.174. The maximum Gasteiger partial charge on any atom is 0.338 e. The van der Waals surface area contributed by atoms with E-state index < -0.39 is 5.97 Å². The highest BCUT2D eigenvalue weighted by atomic mass is 35.5. The molecule has 3 rings (SSSR count). The van der Waals surface area contributed by atoms with Gasteiger partial charge in [0.1, 0.15) is 5.75 Å². The highest BCUT2D eigenvalue weighted by Crippen LogP contribution is 2.41. The average Bonchev–Trinajstić information content (AvgIpc) is 2.72. The van der Waals surface area contributed by atoms with Crippen LogP contribution in [0.3, 0.4) is 0 Å². The molecule has 0 spiro atoms. The molecule has 0 saturated heterocycles. The van der Waals surface area contributed by atoms with Crippen LogP contribution in [0.1, 0.15) is 17.3 Å². The van der Waals surface area contributed by atoms with Gasteiger partial charge in [0, 0.05) is 28.3 Å². The van der Waals surface area contributed by atoms with E-state index in [1.807, 2.05) is 36.4 Å². The Hall–Kier alpha value is -2.53. The summed E-state index contributed by atoms with van der Waals surface area (Å²) in [7, 11) is 1.55. The fourth-order valence-electron chi connectivity index (χ4n) is 2.98. The number of rotatable bonds is 7. The second-order valence-corrected chi connectivity index (χ2v) is 7.07. The van der Waals surface area contributed by atoms with Crippen LogP contribution in [0.25, 0.3) is 22.3 Å². The molecule has 4 nitrogen and oxygen atoms in total. The van der Waals surface area contributed by atoms with Crippen molar-refractivity contribution < 1.29 is 19.0 Å². The van der Waals surface area contributed by atoms with Crippen molar-refractivity contribution in [3.8, 4) is 28.0 Å².